The van der Waals surface area contributed by atoms with Crippen LogP contribution in [0.4, 0.5) is 5.13 Å². The molecule has 5 heterocycles. The molecule has 4 aromatic rings. The largest absolute Gasteiger partial charge is 0.348 e. The number of imidazole rings is 1. The van der Waals surface area contributed by atoms with Gasteiger partial charge in [-0.2, -0.15) is 0 Å². The summed E-state index contributed by atoms with van der Waals surface area (Å²) >= 11 is 1.73. The summed E-state index contributed by atoms with van der Waals surface area (Å²) in [7, 11) is 2.18. The molecule has 0 amide bonds. The first-order valence-electron chi connectivity index (χ1n) is 11.1. The third-order valence-corrected chi connectivity index (χ3v) is 7.38. The molecule has 33 heavy (non-hydrogen) atoms. The molecule has 1 N–H and O–H groups in total. The van der Waals surface area contributed by atoms with Gasteiger partial charge >= 0.3 is 0 Å². The third-order valence-electron chi connectivity index (χ3n) is 6.27. The number of pyridine rings is 1. The lowest BCUT2D eigenvalue weighted by atomic mass is 9.79. The van der Waals surface area contributed by atoms with E-state index in [1.165, 1.54) is 0 Å². The predicted octanol–water partition coefficient (Wildman–Crippen LogP) is 5.19. The van der Waals surface area contributed by atoms with Crippen molar-refractivity contribution in [2.24, 2.45) is 0 Å². The monoisotopic (exact) mass is 485 g/mol. The molecular weight excluding hydrogens is 454 g/mol. The number of aromatic nitrogens is 5. The Morgan fingerprint density at radius 1 is 1.03 bits per heavy atom. The highest BCUT2D eigenvalue weighted by molar-refractivity contribution is 7.22. The zero-order valence-electron chi connectivity index (χ0n) is 20.3. The van der Waals surface area contributed by atoms with Gasteiger partial charge in [-0.05, 0) is 60.5 Å². The van der Waals surface area contributed by atoms with Crippen LogP contribution in [0.5, 0.6) is 0 Å². The van der Waals surface area contributed by atoms with Crippen LogP contribution in [0.25, 0.3) is 27.3 Å². The molecule has 1 fully saturated rings. The Morgan fingerprint density at radius 3 is 2.42 bits per heavy atom. The minimum atomic E-state index is 0. The van der Waals surface area contributed by atoms with Gasteiger partial charge in [0.2, 0.25) is 0 Å². The molecule has 0 atom stereocenters. The maximum Gasteiger partial charge on any atom is 0.186 e. The van der Waals surface area contributed by atoms with Gasteiger partial charge in [-0.1, -0.05) is 11.3 Å². The van der Waals surface area contributed by atoms with Crippen LogP contribution >= 0.6 is 23.7 Å². The van der Waals surface area contributed by atoms with E-state index in [-0.39, 0.29) is 23.5 Å². The van der Waals surface area contributed by atoms with Gasteiger partial charge in [0.15, 0.2) is 10.8 Å². The molecular formula is C24H32ClN7S. The van der Waals surface area contributed by atoms with Crippen LogP contribution in [0.15, 0.2) is 24.7 Å². The second-order valence-corrected chi connectivity index (χ2v) is 11.4. The number of nitrogens with one attached hydrogen (secondary N) is 1. The van der Waals surface area contributed by atoms with E-state index in [4.69, 9.17) is 9.97 Å². The van der Waals surface area contributed by atoms with Crippen LogP contribution in [0.1, 0.15) is 51.9 Å². The molecule has 1 saturated heterocycles. The van der Waals surface area contributed by atoms with Gasteiger partial charge in [0.05, 0.1) is 28.0 Å². The molecule has 1 aliphatic heterocycles. The number of rotatable bonds is 3. The molecule has 0 saturated carbocycles. The second kappa shape index (κ2) is 8.18. The molecule has 0 bridgehead atoms. The zero-order chi connectivity index (χ0) is 22.8. The smallest absolute Gasteiger partial charge is 0.186 e. The van der Waals surface area contributed by atoms with Crippen LogP contribution in [0.3, 0.4) is 0 Å². The lowest BCUT2D eigenvalue weighted by molar-refractivity contribution is 0.161. The van der Waals surface area contributed by atoms with Gasteiger partial charge in [0, 0.05) is 36.6 Å². The van der Waals surface area contributed by atoms with Crippen molar-refractivity contribution in [2.75, 3.05) is 11.9 Å². The number of hydrogen-bond acceptors (Lipinski definition) is 7. The molecule has 176 valence electrons. The average molecular weight is 486 g/mol. The SMILES string of the molecule is Cc1cn2cc(-c3cc4sc(N(C)C5CC(C)(C)NC(C)(C)C5)nc4cn3)nc2c(C)n1.Cl. The van der Waals surface area contributed by atoms with Crippen LogP contribution in [0, 0.1) is 13.8 Å². The van der Waals surface area contributed by atoms with Gasteiger partial charge in [0.25, 0.3) is 0 Å². The molecule has 0 spiro atoms. The molecule has 7 nitrogen and oxygen atoms in total. The lowest BCUT2D eigenvalue weighted by Gasteiger charge is -2.48. The number of anilines is 1. The average Bonchev–Trinajstić information content (AvgIpc) is 3.28. The number of aryl methyl sites for hydroxylation is 2. The first kappa shape index (κ1) is 23.9. The number of piperidine rings is 1. The Kier molecular flexibility index (Phi) is 5.91. The number of thiazole rings is 1. The number of hydrogen-bond donors (Lipinski definition) is 1. The standard InChI is InChI=1S/C24H31N7S.ClH/c1-14-12-31-13-19(27-21(31)15(2)26-14)17-8-20-18(11-25-17)28-22(32-20)30(7)16-9-23(3,4)29-24(5,6)10-16;/h8,11-13,16,29H,9-10H2,1-7H3;1H. The van der Waals surface area contributed by atoms with Crippen molar-refractivity contribution < 1.29 is 0 Å². The van der Waals surface area contributed by atoms with Gasteiger partial charge < -0.3 is 14.6 Å². The molecule has 4 aromatic heterocycles. The summed E-state index contributed by atoms with van der Waals surface area (Å²) in [6.07, 6.45) is 8.06. The summed E-state index contributed by atoms with van der Waals surface area (Å²) in [5.41, 5.74) is 5.61. The summed E-state index contributed by atoms with van der Waals surface area (Å²) in [5.74, 6) is 0. The van der Waals surface area contributed by atoms with Crippen molar-refractivity contribution in [3.8, 4) is 11.4 Å². The summed E-state index contributed by atoms with van der Waals surface area (Å²) in [4.78, 5) is 21.3. The molecule has 0 aromatic carbocycles. The number of fused-ring (bicyclic) bond motifs is 2. The molecule has 5 rings (SSSR count). The van der Waals surface area contributed by atoms with Crippen molar-refractivity contribution in [3.63, 3.8) is 0 Å². The van der Waals surface area contributed by atoms with Crippen molar-refractivity contribution in [3.05, 3.63) is 36.0 Å². The first-order chi connectivity index (χ1) is 15.0. The lowest BCUT2D eigenvalue weighted by Crippen LogP contribution is -2.61. The van der Waals surface area contributed by atoms with Crippen molar-refractivity contribution >= 4 is 44.7 Å². The van der Waals surface area contributed by atoms with Gasteiger partial charge in [0.1, 0.15) is 11.2 Å². The van der Waals surface area contributed by atoms with Gasteiger partial charge in [-0.25, -0.2) is 9.97 Å². The minimum Gasteiger partial charge on any atom is -0.348 e. The summed E-state index contributed by atoms with van der Waals surface area (Å²) < 4.78 is 3.16. The molecule has 0 radical (unpaired) electrons. The van der Waals surface area contributed by atoms with E-state index < -0.39 is 0 Å². The van der Waals surface area contributed by atoms with Crippen molar-refractivity contribution in [1.82, 2.24) is 29.7 Å². The highest BCUT2D eigenvalue weighted by Gasteiger charge is 2.39. The van der Waals surface area contributed by atoms with E-state index >= 15 is 0 Å². The maximum absolute atomic E-state index is 4.91. The van der Waals surface area contributed by atoms with Crippen molar-refractivity contribution in [2.45, 2.75) is 71.5 Å². The third kappa shape index (κ3) is 4.56. The highest BCUT2D eigenvalue weighted by Crippen LogP contribution is 2.36. The quantitative estimate of drug-likeness (QED) is 0.431. The topological polar surface area (TPSA) is 71.2 Å². The van der Waals surface area contributed by atoms with Gasteiger partial charge in [-0.3, -0.25) is 9.97 Å². The second-order valence-electron chi connectivity index (χ2n) is 10.4. The molecule has 0 aliphatic carbocycles. The Morgan fingerprint density at radius 2 is 1.73 bits per heavy atom. The Labute approximate surface area is 205 Å². The Balaban J connectivity index is 0.00000259. The number of nitrogens with zero attached hydrogens (tertiary/aromatic N) is 6. The Hall–Kier alpha value is -2.29. The van der Waals surface area contributed by atoms with Crippen LogP contribution in [-0.4, -0.2) is 48.5 Å². The fourth-order valence-corrected chi connectivity index (χ4v) is 6.24. The number of halogens is 1. The van der Waals surface area contributed by atoms with Crippen LogP contribution in [0.2, 0.25) is 0 Å². The van der Waals surface area contributed by atoms with Crippen LogP contribution < -0.4 is 10.2 Å². The minimum absolute atomic E-state index is 0. The molecule has 9 heteroatoms. The van der Waals surface area contributed by atoms with Crippen molar-refractivity contribution in [1.29, 1.82) is 0 Å². The fourth-order valence-electron chi connectivity index (χ4n) is 5.24. The molecule has 0 unspecified atom stereocenters. The van der Waals surface area contributed by atoms with Gasteiger partial charge in [-0.15, -0.1) is 12.4 Å². The first-order valence-corrected chi connectivity index (χ1v) is 11.9. The normalized spacial score (nSPS) is 17.9. The van der Waals surface area contributed by atoms with E-state index in [0.29, 0.717) is 6.04 Å². The van der Waals surface area contributed by atoms with E-state index in [0.717, 1.165) is 56.6 Å². The summed E-state index contributed by atoms with van der Waals surface area (Å²) in [6.45, 7) is 13.1. The maximum atomic E-state index is 4.91. The van der Waals surface area contributed by atoms with E-state index in [1.807, 2.05) is 36.8 Å². The van der Waals surface area contributed by atoms with E-state index in [9.17, 15) is 0 Å². The highest BCUT2D eigenvalue weighted by atomic mass is 35.5. The summed E-state index contributed by atoms with van der Waals surface area (Å²) in [5, 5.41) is 4.82. The fraction of sp³-hybridized carbons (Fsp3) is 0.500. The van der Waals surface area contributed by atoms with E-state index in [2.05, 4.69) is 61.0 Å². The van der Waals surface area contributed by atoms with Crippen LogP contribution in [-0.2, 0) is 0 Å². The Bertz CT molecular complexity index is 1310. The predicted molar refractivity (Wildman–Crippen MR) is 139 cm³/mol. The van der Waals surface area contributed by atoms with E-state index in [1.54, 1.807) is 11.3 Å². The summed E-state index contributed by atoms with van der Waals surface area (Å²) in [6, 6.07) is 2.55. The zero-order valence-corrected chi connectivity index (χ0v) is 21.9. The molecule has 1 aliphatic rings.